The molecule has 20 heavy (non-hydrogen) atoms. The molecule has 1 aromatic rings. The van der Waals surface area contributed by atoms with Crippen LogP contribution in [0.15, 0.2) is 18.2 Å². The summed E-state index contributed by atoms with van der Waals surface area (Å²) in [5.41, 5.74) is 0.690. The number of rotatable bonds is 9. The molecule has 0 heterocycles. The quantitative estimate of drug-likeness (QED) is 0.705. The number of alkyl halides is 1. The first-order chi connectivity index (χ1) is 9.71. The molecule has 0 radical (unpaired) electrons. The van der Waals surface area contributed by atoms with E-state index in [-0.39, 0.29) is 5.91 Å². The van der Waals surface area contributed by atoms with E-state index in [1.807, 2.05) is 19.9 Å². The van der Waals surface area contributed by atoms with E-state index >= 15 is 0 Å². The third-order valence-electron chi connectivity index (χ3n) is 2.47. The average Bonchev–Trinajstić information content (AvgIpc) is 2.44. The molecule has 0 fully saturated rings. The van der Waals surface area contributed by atoms with Gasteiger partial charge in [-0.1, -0.05) is 13.8 Å². The Morgan fingerprint density at radius 1 is 1.15 bits per heavy atom. The highest BCUT2D eigenvalue weighted by Crippen LogP contribution is 2.31. The highest BCUT2D eigenvalue weighted by atomic mass is 35.5. The second-order valence-corrected chi connectivity index (χ2v) is 4.72. The Morgan fingerprint density at radius 2 is 1.80 bits per heavy atom. The van der Waals surface area contributed by atoms with Crippen molar-refractivity contribution in [3.8, 4) is 11.5 Å². The van der Waals surface area contributed by atoms with E-state index in [1.165, 1.54) is 0 Å². The number of hydrogen-bond acceptors (Lipinski definition) is 3. The number of nitrogens with one attached hydrogen (secondary N) is 1. The van der Waals surface area contributed by atoms with Crippen molar-refractivity contribution in [1.29, 1.82) is 0 Å². The van der Waals surface area contributed by atoms with E-state index in [9.17, 15) is 4.79 Å². The molecule has 0 unspecified atom stereocenters. The molecule has 1 rings (SSSR count). The lowest BCUT2D eigenvalue weighted by atomic mass is 10.2. The molecule has 5 heteroatoms. The SMILES string of the molecule is CCCOc1ccc(NC(=O)CCCl)cc1OCCC. The first kappa shape index (κ1) is 16.6. The predicted molar refractivity (Wildman–Crippen MR) is 82.0 cm³/mol. The van der Waals surface area contributed by atoms with Crippen molar-refractivity contribution in [3.63, 3.8) is 0 Å². The molecule has 1 aromatic carbocycles. The molecule has 0 aliphatic rings. The van der Waals surface area contributed by atoms with Gasteiger partial charge in [-0.2, -0.15) is 0 Å². The van der Waals surface area contributed by atoms with Gasteiger partial charge in [0.15, 0.2) is 11.5 Å². The highest BCUT2D eigenvalue weighted by Gasteiger charge is 2.08. The Morgan fingerprint density at radius 3 is 2.40 bits per heavy atom. The van der Waals surface area contributed by atoms with Crippen LogP contribution in [0.1, 0.15) is 33.1 Å². The molecule has 1 amide bonds. The molecule has 4 nitrogen and oxygen atoms in total. The summed E-state index contributed by atoms with van der Waals surface area (Å²) in [7, 11) is 0. The van der Waals surface area contributed by atoms with Crippen LogP contribution >= 0.6 is 11.6 Å². The number of anilines is 1. The number of benzene rings is 1. The monoisotopic (exact) mass is 299 g/mol. The summed E-state index contributed by atoms with van der Waals surface area (Å²) in [6.45, 7) is 5.34. The van der Waals surface area contributed by atoms with Crippen LogP contribution in [0.5, 0.6) is 11.5 Å². The Labute approximate surface area is 125 Å². The van der Waals surface area contributed by atoms with Crippen LogP contribution in [0.3, 0.4) is 0 Å². The van der Waals surface area contributed by atoms with Crippen molar-refractivity contribution in [2.24, 2.45) is 0 Å². The summed E-state index contributed by atoms with van der Waals surface area (Å²) >= 11 is 5.54. The minimum atomic E-state index is -0.108. The maximum Gasteiger partial charge on any atom is 0.225 e. The number of carbonyl (C=O) groups is 1. The average molecular weight is 300 g/mol. The van der Waals surface area contributed by atoms with Gasteiger partial charge in [-0.3, -0.25) is 4.79 Å². The van der Waals surface area contributed by atoms with Crippen LogP contribution in [0.4, 0.5) is 5.69 Å². The van der Waals surface area contributed by atoms with Gasteiger partial charge in [0.2, 0.25) is 5.91 Å². The van der Waals surface area contributed by atoms with Crippen LogP contribution in [0, 0.1) is 0 Å². The zero-order valence-corrected chi connectivity index (χ0v) is 12.8. The van der Waals surface area contributed by atoms with Crippen molar-refractivity contribution >= 4 is 23.2 Å². The first-order valence-electron chi connectivity index (χ1n) is 6.96. The lowest BCUT2D eigenvalue weighted by Crippen LogP contribution is -2.12. The van der Waals surface area contributed by atoms with Crippen LogP contribution < -0.4 is 14.8 Å². The largest absolute Gasteiger partial charge is 0.490 e. The van der Waals surface area contributed by atoms with Gasteiger partial charge < -0.3 is 14.8 Å². The lowest BCUT2D eigenvalue weighted by molar-refractivity contribution is -0.115. The fourth-order valence-electron chi connectivity index (χ4n) is 1.55. The Balaban J connectivity index is 2.79. The third kappa shape index (κ3) is 5.70. The van der Waals surface area contributed by atoms with Gasteiger partial charge in [0.1, 0.15) is 0 Å². The van der Waals surface area contributed by atoms with Gasteiger partial charge in [-0.25, -0.2) is 0 Å². The zero-order valence-electron chi connectivity index (χ0n) is 12.1. The van der Waals surface area contributed by atoms with Gasteiger partial charge in [0.05, 0.1) is 13.2 Å². The van der Waals surface area contributed by atoms with Gasteiger partial charge in [0.25, 0.3) is 0 Å². The number of ether oxygens (including phenoxy) is 2. The molecule has 0 bridgehead atoms. The summed E-state index contributed by atoms with van der Waals surface area (Å²) < 4.78 is 11.3. The van der Waals surface area contributed by atoms with Crippen molar-refractivity contribution in [2.45, 2.75) is 33.1 Å². The molecule has 0 saturated carbocycles. The number of amides is 1. The maximum atomic E-state index is 11.5. The molecular weight excluding hydrogens is 278 g/mol. The third-order valence-corrected chi connectivity index (χ3v) is 2.66. The fraction of sp³-hybridized carbons (Fsp3) is 0.533. The zero-order chi connectivity index (χ0) is 14.8. The van der Waals surface area contributed by atoms with E-state index in [0.717, 1.165) is 12.8 Å². The first-order valence-corrected chi connectivity index (χ1v) is 7.50. The number of carbonyl (C=O) groups excluding carboxylic acids is 1. The summed E-state index contributed by atoms with van der Waals surface area (Å²) in [5, 5.41) is 2.78. The summed E-state index contributed by atoms with van der Waals surface area (Å²) in [5.74, 6) is 1.56. The second kappa shape index (κ2) is 9.48. The minimum absolute atomic E-state index is 0.108. The molecule has 112 valence electrons. The Bertz CT molecular complexity index is 424. The van der Waals surface area contributed by atoms with Gasteiger partial charge >= 0.3 is 0 Å². The van der Waals surface area contributed by atoms with Gasteiger partial charge in [-0.15, -0.1) is 11.6 Å². The van der Waals surface area contributed by atoms with Crippen LogP contribution in [0.25, 0.3) is 0 Å². The van der Waals surface area contributed by atoms with Crippen LogP contribution in [-0.2, 0) is 4.79 Å². The molecule has 0 saturated heterocycles. The van der Waals surface area contributed by atoms with Crippen molar-refractivity contribution in [3.05, 3.63) is 18.2 Å². The van der Waals surface area contributed by atoms with Crippen molar-refractivity contribution in [1.82, 2.24) is 0 Å². The van der Waals surface area contributed by atoms with E-state index < -0.39 is 0 Å². The normalized spacial score (nSPS) is 10.2. The smallest absolute Gasteiger partial charge is 0.225 e. The van der Waals surface area contributed by atoms with E-state index in [2.05, 4.69) is 5.32 Å². The van der Waals surface area contributed by atoms with Gasteiger partial charge in [-0.05, 0) is 25.0 Å². The van der Waals surface area contributed by atoms with Gasteiger partial charge in [0, 0.05) is 24.1 Å². The molecule has 0 spiro atoms. The van der Waals surface area contributed by atoms with Crippen LogP contribution in [0.2, 0.25) is 0 Å². The lowest BCUT2D eigenvalue weighted by Gasteiger charge is -2.14. The molecule has 0 aliphatic heterocycles. The Kier molecular flexibility index (Phi) is 7.88. The summed E-state index contributed by atoms with van der Waals surface area (Å²) in [4.78, 5) is 11.5. The minimum Gasteiger partial charge on any atom is -0.490 e. The second-order valence-electron chi connectivity index (χ2n) is 4.35. The summed E-state index contributed by atoms with van der Waals surface area (Å²) in [6, 6.07) is 5.40. The summed E-state index contributed by atoms with van der Waals surface area (Å²) in [6.07, 6.45) is 2.14. The van der Waals surface area contributed by atoms with E-state index in [4.69, 9.17) is 21.1 Å². The predicted octanol–water partition coefficient (Wildman–Crippen LogP) is 3.83. The highest BCUT2D eigenvalue weighted by molar-refractivity contribution is 6.19. The fourth-order valence-corrected chi connectivity index (χ4v) is 1.72. The number of hydrogen-bond donors (Lipinski definition) is 1. The standard InChI is InChI=1S/C15H22ClNO3/c1-3-9-19-13-6-5-12(17-15(18)7-8-16)11-14(13)20-10-4-2/h5-6,11H,3-4,7-10H2,1-2H3,(H,17,18). The molecular formula is C15H22ClNO3. The van der Waals surface area contributed by atoms with Crippen molar-refractivity contribution in [2.75, 3.05) is 24.4 Å². The molecule has 1 N–H and O–H groups in total. The van der Waals surface area contributed by atoms with Crippen LogP contribution in [-0.4, -0.2) is 25.0 Å². The Hall–Kier alpha value is -1.42. The van der Waals surface area contributed by atoms with E-state index in [1.54, 1.807) is 12.1 Å². The topological polar surface area (TPSA) is 47.6 Å². The molecule has 0 aromatic heterocycles. The molecule has 0 atom stereocenters. The van der Waals surface area contributed by atoms with E-state index in [0.29, 0.717) is 42.7 Å². The molecule has 0 aliphatic carbocycles. The van der Waals surface area contributed by atoms with Crippen molar-refractivity contribution < 1.29 is 14.3 Å². The maximum absolute atomic E-state index is 11.5. The number of halogens is 1.